The molecule has 5 heteroatoms. The fraction of sp³-hybridized carbons (Fsp3) is 0.273. The largest absolute Gasteiger partial charge is 0.494 e. The number of carbonyl (C=O) groups is 1. The lowest BCUT2D eigenvalue weighted by molar-refractivity contribution is 0.0952. The quantitative estimate of drug-likeness (QED) is 0.697. The van der Waals surface area contributed by atoms with Crippen molar-refractivity contribution in [2.45, 2.75) is 6.92 Å². The van der Waals surface area contributed by atoms with E-state index in [4.69, 9.17) is 9.72 Å². The zero-order chi connectivity index (χ0) is 19.2. The van der Waals surface area contributed by atoms with E-state index >= 15 is 0 Å². The van der Waals surface area contributed by atoms with E-state index in [0.717, 1.165) is 34.5 Å². The van der Waals surface area contributed by atoms with Crippen LogP contribution < -0.4 is 10.1 Å². The highest BCUT2D eigenvalue weighted by atomic mass is 16.5. The van der Waals surface area contributed by atoms with Gasteiger partial charge in [0.05, 0.1) is 23.4 Å². The minimum atomic E-state index is -0.0809. The molecule has 3 rings (SSSR count). The molecule has 5 nitrogen and oxygen atoms in total. The summed E-state index contributed by atoms with van der Waals surface area (Å²) in [7, 11) is 3.97. The molecule has 3 aromatic rings. The third kappa shape index (κ3) is 4.63. The van der Waals surface area contributed by atoms with Gasteiger partial charge in [-0.3, -0.25) is 4.79 Å². The van der Waals surface area contributed by atoms with Gasteiger partial charge in [0.1, 0.15) is 5.75 Å². The second-order valence-electron chi connectivity index (χ2n) is 6.59. The highest BCUT2D eigenvalue weighted by Gasteiger charge is 2.13. The maximum Gasteiger partial charge on any atom is 0.252 e. The summed E-state index contributed by atoms with van der Waals surface area (Å²) in [4.78, 5) is 19.6. The van der Waals surface area contributed by atoms with Crippen LogP contribution in [-0.4, -0.2) is 49.6 Å². The van der Waals surface area contributed by atoms with Crippen molar-refractivity contribution in [2.24, 2.45) is 0 Å². The van der Waals surface area contributed by atoms with E-state index in [9.17, 15) is 4.79 Å². The number of hydrogen-bond acceptors (Lipinski definition) is 4. The van der Waals surface area contributed by atoms with E-state index in [0.29, 0.717) is 18.7 Å². The Hall–Kier alpha value is -2.92. The molecule has 0 saturated carbocycles. The van der Waals surface area contributed by atoms with Gasteiger partial charge in [-0.05, 0) is 57.4 Å². The van der Waals surface area contributed by atoms with Gasteiger partial charge >= 0.3 is 0 Å². The number of benzene rings is 2. The molecule has 0 atom stereocenters. The Morgan fingerprint density at radius 2 is 1.85 bits per heavy atom. The molecule has 0 fully saturated rings. The Labute approximate surface area is 160 Å². The highest BCUT2D eigenvalue weighted by molar-refractivity contribution is 6.07. The summed E-state index contributed by atoms with van der Waals surface area (Å²) in [5.41, 5.74) is 3.17. The molecule has 0 radical (unpaired) electrons. The number of aromatic nitrogens is 1. The van der Waals surface area contributed by atoms with Crippen molar-refractivity contribution in [1.29, 1.82) is 0 Å². The summed E-state index contributed by atoms with van der Waals surface area (Å²) in [6.07, 6.45) is 0. The molecular weight excluding hydrogens is 338 g/mol. The second-order valence-corrected chi connectivity index (χ2v) is 6.59. The molecule has 0 unspecified atom stereocenters. The van der Waals surface area contributed by atoms with Crippen molar-refractivity contribution in [3.05, 3.63) is 60.2 Å². The van der Waals surface area contributed by atoms with Crippen LogP contribution in [0.5, 0.6) is 5.75 Å². The molecule has 1 aromatic heterocycles. The van der Waals surface area contributed by atoms with Crippen LogP contribution >= 0.6 is 0 Å². The third-order valence-corrected chi connectivity index (χ3v) is 4.27. The van der Waals surface area contributed by atoms with Crippen molar-refractivity contribution < 1.29 is 9.53 Å². The van der Waals surface area contributed by atoms with E-state index in [-0.39, 0.29) is 5.91 Å². The Morgan fingerprint density at radius 1 is 1.11 bits per heavy atom. The van der Waals surface area contributed by atoms with Gasteiger partial charge in [0.15, 0.2) is 0 Å². The molecule has 0 aliphatic carbocycles. The average molecular weight is 363 g/mol. The maximum absolute atomic E-state index is 12.8. The fourth-order valence-electron chi connectivity index (χ4n) is 2.89. The van der Waals surface area contributed by atoms with Gasteiger partial charge in [-0.1, -0.05) is 18.2 Å². The van der Waals surface area contributed by atoms with Crippen LogP contribution in [0.25, 0.3) is 22.2 Å². The van der Waals surface area contributed by atoms with Crippen LogP contribution in [0.1, 0.15) is 17.3 Å². The average Bonchev–Trinajstić information content (AvgIpc) is 2.67. The lowest BCUT2D eigenvalue weighted by Gasteiger charge is -2.13. The number of fused-ring (bicyclic) bond motifs is 1. The number of nitrogens with one attached hydrogen (secondary N) is 1. The van der Waals surface area contributed by atoms with Crippen molar-refractivity contribution >= 4 is 16.8 Å². The van der Waals surface area contributed by atoms with Gasteiger partial charge in [0.2, 0.25) is 0 Å². The summed E-state index contributed by atoms with van der Waals surface area (Å²) in [6.45, 7) is 3.98. The number of ether oxygens (including phenoxy) is 1. The normalized spacial score (nSPS) is 11.0. The number of likely N-dealkylation sites (N-methyl/N-ethyl adjacent to an activating group) is 1. The second kappa shape index (κ2) is 8.64. The lowest BCUT2D eigenvalue weighted by atomic mass is 10.0. The lowest BCUT2D eigenvalue weighted by Crippen LogP contribution is -2.31. The number of para-hydroxylation sites is 1. The van der Waals surface area contributed by atoms with Crippen LogP contribution in [-0.2, 0) is 0 Å². The molecule has 1 amide bonds. The SMILES string of the molecule is CCOc1ccc(-c2cc(C(=O)NCCN(C)C)c3ccccc3n2)cc1. The van der Waals surface area contributed by atoms with Crippen LogP contribution in [0.15, 0.2) is 54.6 Å². The van der Waals surface area contributed by atoms with Crippen molar-refractivity contribution in [1.82, 2.24) is 15.2 Å². The van der Waals surface area contributed by atoms with E-state index in [1.54, 1.807) is 0 Å². The zero-order valence-corrected chi connectivity index (χ0v) is 16.0. The molecule has 0 aliphatic rings. The summed E-state index contributed by atoms with van der Waals surface area (Å²) < 4.78 is 5.50. The van der Waals surface area contributed by atoms with Crippen molar-refractivity contribution in [3.8, 4) is 17.0 Å². The molecule has 0 aliphatic heterocycles. The first kappa shape index (κ1) is 18.9. The molecular formula is C22H25N3O2. The Balaban J connectivity index is 1.96. The number of hydrogen-bond donors (Lipinski definition) is 1. The Morgan fingerprint density at radius 3 is 2.56 bits per heavy atom. The highest BCUT2D eigenvalue weighted by Crippen LogP contribution is 2.26. The van der Waals surface area contributed by atoms with Gasteiger partial charge in [-0.25, -0.2) is 4.98 Å². The minimum Gasteiger partial charge on any atom is -0.494 e. The van der Waals surface area contributed by atoms with Gasteiger partial charge < -0.3 is 15.0 Å². The van der Waals surface area contributed by atoms with E-state index in [2.05, 4.69) is 5.32 Å². The number of pyridine rings is 1. The van der Waals surface area contributed by atoms with Crippen LogP contribution in [0.4, 0.5) is 0 Å². The first-order chi connectivity index (χ1) is 13.1. The molecule has 27 heavy (non-hydrogen) atoms. The predicted octanol–water partition coefficient (Wildman–Crippen LogP) is 3.59. The molecule has 2 aromatic carbocycles. The molecule has 1 heterocycles. The standard InChI is InChI=1S/C22H25N3O2/c1-4-27-17-11-9-16(10-12-17)21-15-19(22(26)23-13-14-25(2)3)18-7-5-6-8-20(18)24-21/h5-12,15H,4,13-14H2,1-3H3,(H,23,26). The van der Waals surface area contributed by atoms with E-state index in [1.807, 2.05) is 80.5 Å². The first-order valence-corrected chi connectivity index (χ1v) is 9.14. The number of amides is 1. The summed E-state index contributed by atoms with van der Waals surface area (Å²) in [5, 5.41) is 3.85. The molecule has 140 valence electrons. The van der Waals surface area contributed by atoms with Gasteiger partial charge in [0.25, 0.3) is 5.91 Å². The molecule has 0 bridgehead atoms. The van der Waals surface area contributed by atoms with Gasteiger partial charge in [0, 0.05) is 24.0 Å². The Bertz CT molecular complexity index is 920. The summed E-state index contributed by atoms with van der Waals surface area (Å²) in [6, 6.07) is 17.4. The predicted molar refractivity (Wildman–Crippen MR) is 109 cm³/mol. The monoisotopic (exact) mass is 363 g/mol. The van der Waals surface area contributed by atoms with E-state index < -0.39 is 0 Å². The molecule has 0 saturated heterocycles. The van der Waals surface area contributed by atoms with Gasteiger partial charge in [-0.15, -0.1) is 0 Å². The summed E-state index contributed by atoms with van der Waals surface area (Å²) in [5.74, 6) is 0.742. The van der Waals surface area contributed by atoms with Crippen molar-refractivity contribution in [3.63, 3.8) is 0 Å². The van der Waals surface area contributed by atoms with Crippen LogP contribution in [0.2, 0.25) is 0 Å². The van der Waals surface area contributed by atoms with Crippen molar-refractivity contribution in [2.75, 3.05) is 33.8 Å². The van der Waals surface area contributed by atoms with Crippen LogP contribution in [0.3, 0.4) is 0 Å². The third-order valence-electron chi connectivity index (χ3n) is 4.27. The maximum atomic E-state index is 12.8. The Kier molecular flexibility index (Phi) is 6.04. The molecule has 1 N–H and O–H groups in total. The number of carbonyl (C=O) groups excluding carboxylic acids is 1. The number of rotatable bonds is 7. The van der Waals surface area contributed by atoms with Crippen LogP contribution in [0, 0.1) is 0 Å². The smallest absolute Gasteiger partial charge is 0.252 e. The number of nitrogens with zero attached hydrogens (tertiary/aromatic N) is 2. The summed E-state index contributed by atoms with van der Waals surface area (Å²) >= 11 is 0. The topological polar surface area (TPSA) is 54.5 Å². The zero-order valence-electron chi connectivity index (χ0n) is 16.0. The first-order valence-electron chi connectivity index (χ1n) is 9.14. The van der Waals surface area contributed by atoms with Gasteiger partial charge in [-0.2, -0.15) is 0 Å². The molecule has 0 spiro atoms. The fourth-order valence-corrected chi connectivity index (χ4v) is 2.89. The van der Waals surface area contributed by atoms with E-state index in [1.165, 1.54) is 0 Å². The minimum absolute atomic E-state index is 0.0809.